The van der Waals surface area contributed by atoms with E-state index in [4.69, 9.17) is 0 Å². The average molecular weight is 285 g/mol. The standard InChI is InChI=1S/C17H19NOS/c1-11-7-12(2)9-14(8-11)18-17(19)16-10-15(20-4)6-5-13(16)3/h5-10H,1-4H3,(H,18,19). The first-order valence-corrected chi connectivity index (χ1v) is 7.76. The van der Waals surface area contributed by atoms with Crippen molar-refractivity contribution in [3.63, 3.8) is 0 Å². The number of anilines is 1. The zero-order chi connectivity index (χ0) is 14.7. The van der Waals surface area contributed by atoms with Crippen molar-refractivity contribution in [2.45, 2.75) is 25.7 Å². The van der Waals surface area contributed by atoms with Crippen molar-refractivity contribution in [1.82, 2.24) is 0 Å². The number of hydrogen-bond donors (Lipinski definition) is 1. The average Bonchev–Trinajstić information content (AvgIpc) is 2.37. The molecule has 0 aliphatic rings. The van der Waals surface area contributed by atoms with Gasteiger partial charge in [-0.2, -0.15) is 0 Å². The van der Waals surface area contributed by atoms with Crippen LogP contribution in [0.15, 0.2) is 41.3 Å². The normalized spacial score (nSPS) is 10.4. The molecular formula is C17H19NOS. The number of benzene rings is 2. The van der Waals surface area contributed by atoms with Crippen LogP contribution < -0.4 is 5.32 Å². The van der Waals surface area contributed by atoms with Crippen molar-refractivity contribution in [3.05, 3.63) is 58.7 Å². The molecule has 0 aliphatic carbocycles. The SMILES string of the molecule is CSc1ccc(C)c(C(=O)Nc2cc(C)cc(C)c2)c1. The highest BCUT2D eigenvalue weighted by Gasteiger charge is 2.10. The van der Waals surface area contributed by atoms with Gasteiger partial charge in [-0.3, -0.25) is 4.79 Å². The monoisotopic (exact) mass is 285 g/mol. The Bertz CT molecular complexity index is 629. The highest BCUT2D eigenvalue weighted by atomic mass is 32.2. The summed E-state index contributed by atoms with van der Waals surface area (Å²) >= 11 is 1.64. The zero-order valence-electron chi connectivity index (χ0n) is 12.3. The second kappa shape index (κ2) is 6.14. The predicted molar refractivity (Wildman–Crippen MR) is 86.8 cm³/mol. The van der Waals surface area contributed by atoms with Gasteiger partial charge in [-0.25, -0.2) is 0 Å². The van der Waals surface area contributed by atoms with Gasteiger partial charge >= 0.3 is 0 Å². The van der Waals surface area contributed by atoms with Gasteiger partial charge in [0.2, 0.25) is 0 Å². The number of carbonyl (C=O) groups excluding carboxylic acids is 1. The molecule has 1 amide bonds. The molecule has 0 spiro atoms. The van der Waals surface area contributed by atoms with Crippen LogP contribution in [0.2, 0.25) is 0 Å². The molecule has 0 aliphatic heterocycles. The lowest BCUT2D eigenvalue weighted by atomic mass is 10.1. The highest BCUT2D eigenvalue weighted by Crippen LogP contribution is 2.21. The molecule has 0 fully saturated rings. The van der Waals surface area contributed by atoms with Gasteiger partial charge in [-0.15, -0.1) is 11.8 Å². The van der Waals surface area contributed by atoms with E-state index < -0.39 is 0 Å². The second-order valence-corrected chi connectivity index (χ2v) is 5.89. The molecule has 3 heteroatoms. The number of hydrogen-bond acceptors (Lipinski definition) is 2. The molecule has 2 aromatic rings. The molecule has 0 saturated heterocycles. The molecule has 0 saturated carbocycles. The summed E-state index contributed by atoms with van der Waals surface area (Å²) in [6.45, 7) is 6.02. The van der Waals surface area contributed by atoms with E-state index >= 15 is 0 Å². The minimum atomic E-state index is -0.0524. The molecule has 0 aromatic heterocycles. The first-order chi connectivity index (χ1) is 9.49. The third kappa shape index (κ3) is 3.42. The Hall–Kier alpha value is -1.74. The van der Waals surface area contributed by atoms with Crippen molar-refractivity contribution in [3.8, 4) is 0 Å². The van der Waals surface area contributed by atoms with Gasteiger partial charge in [-0.05, 0) is 68.0 Å². The van der Waals surface area contributed by atoms with E-state index in [0.717, 1.165) is 32.8 Å². The Morgan fingerprint density at radius 2 is 1.65 bits per heavy atom. The molecule has 1 N–H and O–H groups in total. The number of thioether (sulfide) groups is 1. The van der Waals surface area contributed by atoms with Crippen LogP contribution in [-0.2, 0) is 0 Å². The molecule has 0 atom stereocenters. The smallest absolute Gasteiger partial charge is 0.255 e. The van der Waals surface area contributed by atoms with Crippen molar-refractivity contribution < 1.29 is 4.79 Å². The Balaban J connectivity index is 2.27. The van der Waals surface area contributed by atoms with Gasteiger partial charge in [-0.1, -0.05) is 12.1 Å². The van der Waals surface area contributed by atoms with Gasteiger partial charge in [0, 0.05) is 16.1 Å². The summed E-state index contributed by atoms with van der Waals surface area (Å²) in [5.74, 6) is -0.0524. The third-order valence-electron chi connectivity index (χ3n) is 3.17. The van der Waals surface area contributed by atoms with E-state index in [0.29, 0.717) is 0 Å². The number of carbonyl (C=O) groups is 1. The fourth-order valence-corrected chi connectivity index (χ4v) is 2.66. The van der Waals surface area contributed by atoms with Crippen LogP contribution in [0.4, 0.5) is 5.69 Å². The lowest BCUT2D eigenvalue weighted by molar-refractivity contribution is 0.102. The van der Waals surface area contributed by atoms with Crippen LogP contribution in [-0.4, -0.2) is 12.2 Å². The highest BCUT2D eigenvalue weighted by molar-refractivity contribution is 7.98. The summed E-state index contributed by atoms with van der Waals surface area (Å²) in [4.78, 5) is 13.5. The lowest BCUT2D eigenvalue weighted by Gasteiger charge is -2.10. The zero-order valence-corrected chi connectivity index (χ0v) is 13.1. The van der Waals surface area contributed by atoms with Crippen molar-refractivity contribution >= 4 is 23.4 Å². The molecule has 20 heavy (non-hydrogen) atoms. The second-order valence-electron chi connectivity index (χ2n) is 5.01. The Morgan fingerprint density at radius 3 is 2.25 bits per heavy atom. The van der Waals surface area contributed by atoms with Crippen molar-refractivity contribution in [2.75, 3.05) is 11.6 Å². The maximum atomic E-state index is 12.4. The van der Waals surface area contributed by atoms with Crippen LogP contribution in [0, 0.1) is 20.8 Å². The Labute approximate surface area is 124 Å². The molecule has 0 heterocycles. The summed E-state index contributed by atoms with van der Waals surface area (Å²) in [5, 5.41) is 2.98. The van der Waals surface area contributed by atoms with Crippen LogP contribution >= 0.6 is 11.8 Å². The largest absolute Gasteiger partial charge is 0.322 e. The van der Waals surface area contributed by atoms with Crippen LogP contribution in [0.5, 0.6) is 0 Å². The fourth-order valence-electron chi connectivity index (χ4n) is 2.22. The van der Waals surface area contributed by atoms with Crippen LogP contribution in [0.1, 0.15) is 27.0 Å². The quantitative estimate of drug-likeness (QED) is 0.836. The lowest BCUT2D eigenvalue weighted by Crippen LogP contribution is -2.13. The maximum Gasteiger partial charge on any atom is 0.255 e. The third-order valence-corrected chi connectivity index (χ3v) is 3.89. The summed E-state index contributed by atoms with van der Waals surface area (Å²) in [6.07, 6.45) is 2.01. The molecule has 2 rings (SSSR count). The number of amides is 1. The van der Waals surface area contributed by atoms with Gasteiger partial charge in [0.15, 0.2) is 0 Å². The van der Waals surface area contributed by atoms with Gasteiger partial charge in [0.1, 0.15) is 0 Å². The van der Waals surface area contributed by atoms with E-state index in [1.54, 1.807) is 11.8 Å². The first kappa shape index (κ1) is 14.7. The summed E-state index contributed by atoms with van der Waals surface area (Å²) < 4.78 is 0. The van der Waals surface area contributed by atoms with Gasteiger partial charge in [0.05, 0.1) is 0 Å². The summed E-state index contributed by atoms with van der Waals surface area (Å²) in [5.41, 5.74) is 4.87. The molecule has 2 aromatic carbocycles. The molecular weight excluding hydrogens is 266 g/mol. The topological polar surface area (TPSA) is 29.1 Å². The summed E-state index contributed by atoms with van der Waals surface area (Å²) in [6, 6.07) is 12.0. The minimum absolute atomic E-state index is 0.0524. The van der Waals surface area contributed by atoms with Gasteiger partial charge < -0.3 is 5.32 Å². The maximum absolute atomic E-state index is 12.4. The van der Waals surface area contributed by atoms with Crippen molar-refractivity contribution in [2.24, 2.45) is 0 Å². The first-order valence-electron chi connectivity index (χ1n) is 6.54. The predicted octanol–water partition coefficient (Wildman–Crippen LogP) is 4.59. The molecule has 0 bridgehead atoms. The van der Waals surface area contributed by atoms with Gasteiger partial charge in [0.25, 0.3) is 5.91 Å². The van der Waals surface area contributed by atoms with Crippen LogP contribution in [0.3, 0.4) is 0 Å². The molecule has 0 unspecified atom stereocenters. The Kier molecular flexibility index (Phi) is 4.50. The summed E-state index contributed by atoms with van der Waals surface area (Å²) in [7, 11) is 0. The Morgan fingerprint density at radius 1 is 1.00 bits per heavy atom. The van der Waals surface area contributed by atoms with E-state index in [1.807, 2.05) is 57.4 Å². The van der Waals surface area contributed by atoms with E-state index in [9.17, 15) is 4.79 Å². The number of nitrogens with one attached hydrogen (secondary N) is 1. The number of aryl methyl sites for hydroxylation is 3. The van der Waals surface area contributed by atoms with E-state index in [2.05, 4.69) is 11.4 Å². The van der Waals surface area contributed by atoms with E-state index in [-0.39, 0.29) is 5.91 Å². The van der Waals surface area contributed by atoms with E-state index in [1.165, 1.54) is 0 Å². The fraction of sp³-hybridized carbons (Fsp3) is 0.235. The molecule has 104 valence electrons. The van der Waals surface area contributed by atoms with Crippen molar-refractivity contribution in [1.29, 1.82) is 0 Å². The minimum Gasteiger partial charge on any atom is -0.322 e. The molecule has 2 nitrogen and oxygen atoms in total. The van der Waals surface area contributed by atoms with Crippen LogP contribution in [0.25, 0.3) is 0 Å². The molecule has 0 radical (unpaired) electrons. The number of rotatable bonds is 3.